The number of nitrogens with one attached hydrogen (secondary N) is 2. The number of ether oxygens (including phenoxy) is 1. The second-order valence-corrected chi connectivity index (χ2v) is 5.62. The summed E-state index contributed by atoms with van der Waals surface area (Å²) in [6, 6.07) is 0. The van der Waals surface area contributed by atoms with Gasteiger partial charge in [-0.1, -0.05) is 0 Å². The number of hydrogen-bond donors (Lipinski definition) is 2. The first kappa shape index (κ1) is 11.9. The average molecular weight is 226 g/mol. The molecule has 0 bridgehead atoms. The fourth-order valence-corrected chi connectivity index (χ4v) is 2.42. The molecular formula is C12H22N2O2. The van der Waals surface area contributed by atoms with Crippen molar-refractivity contribution in [3.8, 4) is 0 Å². The molecule has 4 nitrogen and oxygen atoms in total. The number of carbonyl (C=O) groups is 1. The quantitative estimate of drug-likeness (QED) is 0.727. The highest BCUT2D eigenvalue weighted by molar-refractivity contribution is 5.83. The van der Waals surface area contributed by atoms with Gasteiger partial charge < -0.3 is 15.4 Å². The van der Waals surface area contributed by atoms with Crippen LogP contribution >= 0.6 is 0 Å². The van der Waals surface area contributed by atoms with Crippen molar-refractivity contribution in [2.45, 2.75) is 45.3 Å². The van der Waals surface area contributed by atoms with Crippen molar-refractivity contribution in [2.75, 3.05) is 19.7 Å². The van der Waals surface area contributed by atoms with Crippen molar-refractivity contribution in [1.82, 2.24) is 10.6 Å². The van der Waals surface area contributed by atoms with Gasteiger partial charge in [0.1, 0.15) is 0 Å². The zero-order valence-corrected chi connectivity index (χ0v) is 10.4. The zero-order chi connectivity index (χ0) is 11.8. The predicted molar refractivity (Wildman–Crippen MR) is 62.2 cm³/mol. The number of amides is 1. The lowest BCUT2D eigenvalue weighted by Gasteiger charge is -2.33. The lowest BCUT2D eigenvalue weighted by molar-refractivity contribution is -0.131. The molecule has 92 valence electrons. The third kappa shape index (κ3) is 1.96. The molecule has 2 saturated heterocycles. The van der Waals surface area contributed by atoms with Crippen LogP contribution in [0.2, 0.25) is 0 Å². The van der Waals surface area contributed by atoms with Gasteiger partial charge in [0.2, 0.25) is 5.91 Å². The standard InChI is InChI=1S/C12H22N2O2/c1-9-12(3,5-7-16-9)14-10(15)11(2)4-6-13-8-11/h9,13H,4-8H2,1-3H3,(H,14,15). The Morgan fingerprint density at radius 3 is 2.69 bits per heavy atom. The largest absolute Gasteiger partial charge is 0.376 e. The topological polar surface area (TPSA) is 50.4 Å². The third-order valence-corrected chi connectivity index (χ3v) is 4.20. The highest BCUT2D eigenvalue weighted by Crippen LogP contribution is 2.29. The molecule has 2 fully saturated rings. The Morgan fingerprint density at radius 2 is 2.19 bits per heavy atom. The summed E-state index contributed by atoms with van der Waals surface area (Å²) in [5.74, 6) is 0.164. The minimum absolute atomic E-state index is 0.106. The summed E-state index contributed by atoms with van der Waals surface area (Å²) in [6.45, 7) is 8.60. The fraction of sp³-hybridized carbons (Fsp3) is 0.917. The van der Waals surface area contributed by atoms with E-state index in [0.29, 0.717) is 0 Å². The monoisotopic (exact) mass is 226 g/mol. The molecule has 2 aliphatic heterocycles. The third-order valence-electron chi connectivity index (χ3n) is 4.20. The highest BCUT2D eigenvalue weighted by atomic mass is 16.5. The lowest BCUT2D eigenvalue weighted by atomic mass is 9.86. The molecule has 1 amide bonds. The molecule has 2 aliphatic rings. The van der Waals surface area contributed by atoms with Gasteiger partial charge in [0.05, 0.1) is 17.1 Å². The van der Waals surface area contributed by atoms with Crippen LogP contribution in [-0.4, -0.2) is 37.2 Å². The van der Waals surface area contributed by atoms with E-state index in [1.165, 1.54) is 0 Å². The summed E-state index contributed by atoms with van der Waals surface area (Å²) in [5.41, 5.74) is -0.437. The Morgan fingerprint density at radius 1 is 1.44 bits per heavy atom. The molecule has 3 unspecified atom stereocenters. The van der Waals surface area contributed by atoms with Crippen LogP contribution < -0.4 is 10.6 Å². The van der Waals surface area contributed by atoms with Gasteiger partial charge in [-0.3, -0.25) is 4.79 Å². The SMILES string of the molecule is CC1OCCC1(C)NC(=O)C1(C)CCNC1. The van der Waals surface area contributed by atoms with Crippen LogP contribution in [0.15, 0.2) is 0 Å². The van der Waals surface area contributed by atoms with Crippen LogP contribution in [0.3, 0.4) is 0 Å². The van der Waals surface area contributed by atoms with Gasteiger partial charge in [-0.2, -0.15) is 0 Å². The van der Waals surface area contributed by atoms with Crippen molar-refractivity contribution in [2.24, 2.45) is 5.41 Å². The number of rotatable bonds is 2. The Kier molecular flexibility index (Phi) is 2.97. The summed E-state index contributed by atoms with van der Waals surface area (Å²) < 4.78 is 5.53. The molecule has 0 aromatic heterocycles. The molecule has 3 atom stereocenters. The van der Waals surface area contributed by atoms with Gasteiger partial charge in [-0.25, -0.2) is 0 Å². The van der Waals surface area contributed by atoms with Crippen LogP contribution in [0.1, 0.15) is 33.6 Å². The Balaban J connectivity index is 2.01. The molecule has 0 saturated carbocycles. The van der Waals surface area contributed by atoms with Gasteiger partial charge in [0, 0.05) is 13.2 Å². The molecule has 2 rings (SSSR count). The minimum Gasteiger partial charge on any atom is -0.376 e. The Hall–Kier alpha value is -0.610. The highest BCUT2D eigenvalue weighted by Gasteiger charge is 2.43. The normalized spacial score (nSPS) is 43.6. The summed E-state index contributed by atoms with van der Waals surface area (Å²) in [4.78, 5) is 12.3. The number of carbonyl (C=O) groups excluding carboxylic acids is 1. The second-order valence-electron chi connectivity index (χ2n) is 5.62. The first-order chi connectivity index (χ1) is 7.46. The summed E-state index contributed by atoms with van der Waals surface area (Å²) in [6.07, 6.45) is 1.93. The van der Waals surface area contributed by atoms with Crippen LogP contribution in [0.4, 0.5) is 0 Å². The van der Waals surface area contributed by atoms with Gasteiger partial charge in [0.25, 0.3) is 0 Å². The first-order valence-electron chi connectivity index (χ1n) is 6.11. The smallest absolute Gasteiger partial charge is 0.227 e. The van der Waals surface area contributed by atoms with E-state index >= 15 is 0 Å². The van der Waals surface area contributed by atoms with Crippen molar-refractivity contribution >= 4 is 5.91 Å². The van der Waals surface area contributed by atoms with Gasteiger partial charge in [0.15, 0.2) is 0 Å². The molecule has 2 N–H and O–H groups in total. The summed E-state index contributed by atoms with van der Waals surface area (Å²) in [5, 5.41) is 6.43. The molecule has 2 heterocycles. The molecular weight excluding hydrogens is 204 g/mol. The van der Waals surface area contributed by atoms with Crippen LogP contribution in [0.25, 0.3) is 0 Å². The fourth-order valence-electron chi connectivity index (χ4n) is 2.42. The van der Waals surface area contributed by atoms with Gasteiger partial charge >= 0.3 is 0 Å². The van der Waals surface area contributed by atoms with E-state index in [1.54, 1.807) is 0 Å². The van der Waals surface area contributed by atoms with Crippen molar-refractivity contribution in [3.63, 3.8) is 0 Å². The predicted octanol–water partition coefficient (Wildman–Crippen LogP) is 0.670. The number of hydrogen-bond acceptors (Lipinski definition) is 3. The van der Waals surface area contributed by atoms with Crippen molar-refractivity contribution < 1.29 is 9.53 Å². The van der Waals surface area contributed by atoms with Crippen molar-refractivity contribution in [1.29, 1.82) is 0 Å². The average Bonchev–Trinajstić information content (AvgIpc) is 2.77. The summed E-state index contributed by atoms with van der Waals surface area (Å²) in [7, 11) is 0. The maximum Gasteiger partial charge on any atom is 0.227 e. The van der Waals surface area contributed by atoms with E-state index < -0.39 is 0 Å². The molecule has 0 radical (unpaired) electrons. The molecule has 0 aromatic carbocycles. The van der Waals surface area contributed by atoms with E-state index in [-0.39, 0.29) is 23.0 Å². The molecule has 16 heavy (non-hydrogen) atoms. The second kappa shape index (κ2) is 4.00. The van der Waals surface area contributed by atoms with Gasteiger partial charge in [-0.05, 0) is 40.2 Å². The van der Waals surface area contributed by atoms with E-state index in [4.69, 9.17) is 4.74 Å². The Labute approximate surface area is 97.1 Å². The van der Waals surface area contributed by atoms with E-state index in [2.05, 4.69) is 17.6 Å². The minimum atomic E-state index is -0.245. The summed E-state index contributed by atoms with van der Waals surface area (Å²) >= 11 is 0. The Bertz CT molecular complexity index is 287. The maximum atomic E-state index is 12.3. The van der Waals surface area contributed by atoms with E-state index in [9.17, 15) is 4.79 Å². The van der Waals surface area contributed by atoms with Gasteiger partial charge in [-0.15, -0.1) is 0 Å². The van der Waals surface area contributed by atoms with Crippen LogP contribution in [-0.2, 0) is 9.53 Å². The van der Waals surface area contributed by atoms with Crippen LogP contribution in [0, 0.1) is 5.41 Å². The first-order valence-corrected chi connectivity index (χ1v) is 6.11. The lowest BCUT2D eigenvalue weighted by Crippen LogP contribution is -2.55. The van der Waals surface area contributed by atoms with E-state index in [0.717, 1.165) is 32.5 Å². The van der Waals surface area contributed by atoms with Crippen LogP contribution in [0.5, 0.6) is 0 Å². The molecule has 0 spiro atoms. The maximum absolute atomic E-state index is 12.3. The zero-order valence-electron chi connectivity index (χ0n) is 10.4. The van der Waals surface area contributed by atoms with Crippen molar-refractivity contribution in [3.05, 3.63) is 0 Å². The molecule has 4 heteroatoms. The van der Waals surface area contributed by atoms with E-state index in [1.807, 2.05) is 13.8 Å². The molecule has 0 aromatic rings. The molecule has 0 aliphatic carbocycles.